The first-order valence-electron chi connectivity index (χ1n) is 15.0. The molecular formula is C35H30F3N5O3S. The number of fused-ring (bicyclic) bond motifs is 3. The van der Waals surface area contributed by atoms with Crippen molar-refractivity contribution in [2.24, 2.45) is 7.05 Å². The van der Waals surface area contributed by atoms with Crippen LogP contribution in [0.15, 0.2) is 66.7 Å². The number of aryl methyl sites for hydroxylation is 1. The minimum atomic E-state index is -0.894. The summed E-state index contributed by atoms with van der Waals surface area (Å²) in [5.41, 5.74) is 3.57. The van der Waals surface area contributed by atoms with Gasteiger partial charge in [-0.3, -0.25) is 9.48 Å². The van der Waals surface area contributed by atoms with Crippen molar-refractivity contribution in [2.75, 3.05) is 26.9 Å². The van der Waals surface area contributed by atoms with Crippen molar-refractivity contribution < 1.29 is 27.4 Å². The summed E-state index contributed by atoms with van der Waals surface area (Å²) >= 11 is 1.10. The van der Waals surface area contributed by atoms with Gasteiger partial charge in [0, 0.05) is 71.1 Å². The quantitative estimate of drug-likeness (QED) is 0.125. The van der Waals surface area contributed by atoms with Crippen LogP contribution in [0.3, 0.4) is 0 Å². The topological polar surface area (TPSA) is 74.4 Å². The van der Waals surface area contributed by atoms with Crippen molar-refractivity contribution in [3.8, 4) is 39.5 Å². The van der Waals surface area contributed by atoms with E-state index in [9.17, 15) is 9.18 Å². The fourth-order valence-corrected chi connectivity index (χ4v) is 7.27. The van der Waals surface area contributed by atoms with Crippen LogP contribution < -0.4 is 4.74 Å². The standard InChI is InChI=1S/C35H30F3N5O3S/c1-5-29(44)42-10-11-43-27(19(42)2)17-25(40-43)34-32(30-23(37)15-22(36)16-28(30)46-13-12-45-4)35-31(24(38)18-47-35)33(39-34)21-6-7-26-20(14-21)8-9-41(26)3/h5-9,14-19H,1,10-13H2,2-4H3/t19-/m1/s1. The Balaban J connectivity index is 1.53. The lowest BCUT2D eigenvalue weighted by molar-refractivity contribution is -0.129. The van der Waals surface area contributed by atoms with E-state index in [4.69, 9.17) is 19.6 Å². The number of nitrogens with zero attached hydrogens (tertiary/aromatic N) is 5. The van der Waals surface area contributed by atoms with Crippen LogP contribution >= 0.6 is 11.3 Å². The van der Waals surface area contributed by atoms with Gasteiger partial charge in [-0.1, -0.05) is 12.6 Å². The average Bonchev–Trinajstić information content (AvgIpc) is 3.77. The average molecular weight is 658 g/mol. The Labute approximate surface area is 272 Å². The van der Waals surface area contributed by atoms with Gasteiger partial charge in [0.05, 0.1) is 41.5 Å². The number of hydrogen-bond acceptors (Lipinski definition) is 6. The van der Waals surface area contributed by atoms with Crippen LogP contribution in [0, 0.1) is 17.5 Å². The monoisotopic (exact) mass is 657 g/mol. The van der Waals surface area contributed by atoms with Gasteiger partial charge in [0.15, 0.2) is 0 Å². The maximum Gasteiger partial charge on any atom is 0.246 e. The molecule has 0 spiro atoms. The van der Waals surface area contributed by atoms with Crippen molar-refractivity contribution in [3.05, 3.63) is 89.8 Å². The fraction of sp³-hybridized carbons (Fsp3) is 0.229. The third-order valence-corrected chi connectivity index (χ3v) is 9.57. The number of amides is 1. The van der Waals surface area contributed by atoms with Crippen molar-refractivity contribution in [3.63, 3.8) is 0 Å². The molecule has 8 nitrogen and oxygen atoms in total. The lowest BCUT2D eigenvalue weighted by Crippen LogP contribution is -2.40. The summed E-state index contributed by atoms with van der Waals surface area (Å²) in [6.45, 7) is 6.56. The van der Waals surface area contributed by atoms with Crippen LogP contribution in [-0.2, 0) is 23.1 Å². The van der Waals surface area contributed by atoms with E-state index in [0.717, 1.165) is 40.1 Å². The Morgan fingerprint density at radius 1 is 1.06 bits per heavy atom. The second-order valence-electron chi connectivity index (χ2n) is 11.4. The highest BCUT2D eigenvalue weighted by atomic mass is 32.1. The van der Waals surface area contributed by atoms with Gasteiger partial charge >= 0.3 is 0 Å². The van der Waals surface area contributed by atoms with Gasteiger partial charge in [0.25, 0.3) is 0 Å². The normalized spacial score (nSPS) is 14.6. The Bertz CT molecular complexity index is 2200. The van der Waals surface area contributed by atoms with Crippen LogP contribution in [0.25, 0.3) is 54.8 Å². The minimum Gasteiger partial charge on any atom is -0.490 e. The molecule has 0 N–H and O–H groups in total. The molecule has 0 radical (unpaired) electrons. The molecule has 1 aliphatic heterocycles. The highest BCUT2D eigenvalue weighted by molar-refractivity contribution is 7.18. The number of hydrogen-bond donors (Lipinski definition) is 0. The fourth-order valence-electron chi connectivity index (χ4n) is 6.31. The summed E-state index contributed by atoms with van der Waals surface area (Å²) in [5, 5.41) is 7.38. The highest BCUT2D eigenvalue weighted by Gasteiger charge is 2.32. The summed E-state index contributed by atoms with van der Waals surface area (Å²) in [7, 11) is 3.44. The van der Waals surface area contributed by atoms with Crippen LogP contribution in [-0.4, -0.2) is 57.0 Å². The van der Waals surface area contributed by atoms with Crippen molar-refractivity contribution in [1.29, 1.82) is 0 Å². The number of thiophene rings is 1. The largest absolute Gasteiger partial charge is 0.490 e. The van der Waals surface area contributed by atoms with Crippen molar-refractivity contribution in [1.82, 2.24) is 24.2 Å². The van der Waals surface area contributed by atoms with Crippen LogP contribution in [0.2, 0.25) is 0 Å². The number of carbonyl (C=O) groups excluding carboxylic acids is 1. The van der Waals surface area contributed by atoms with E-state index < -0.39 is 17.5 Å². The number of pyridine rings is 1. The van der Waals surface area contributed by atoms with Gasteiger partial charge in [-0.25, -0.2) is 18.2 Å². The molecule has 1 aliphatic rings. The molecule has 47 heavy (non-hydrogen) atoms. The van der Waals surface area contributed by atoms with Crippen molar-refractivity contribution in [2.45, 2.75) is 19.5 Å². The van der Waals surface area contributed by atoms with E-state index in [0.29, 0.717) is 34.7 Å². The molecule has 1 atom stereocenters. The predicted octanol–water partition coefficient (Wildman–Crippen LogP) is 7.52. The molecule has 0 saturated heterocycles. The number of methoxy groups -OCH3 is 1. The molecule has 0 bridgehead atoms. The van der Waals surface area contributed by atoms with E-state index in [1.165, 1.54) is 18.6 Å². The van der Waals surface area contributed by atoms with Gasteiger partial charge in [0.1, 0.15) is 41.2 Å². The molecule has 2 aromatic carbocycles. The second-order valence-corrected chi connectivity index (χ2v) is 12.2. The first kappa shape index (κ1) is 30.7. The third kappa shape index (κ3) is 5.17. The SMILES string of the molecule is C=CC(=O)N1CCn2nc(-c3nc(-c4ccc5c(ccn5C)c4)c4c(F)csc4c3-c3c(F)cc(F)cc3OCCOC)cc2[C@H]1C. The zero-order valence-electron chi connectivity index (χ0n) is 25.9. The molecular weight excluding hydrogens is 627 g/mol. The Hall–Kier alpha value is -4.94. The number of halogens is 3. The van der Waals surface area contributed by atoms with E-state index >= 15 is 8.78 Å². The van der Waals surface area contributed by atoms with E-state index in [2.05, 4.69) is 6.58 Å². The number of ether oxygens (including phenoxy) is 2. The molecule has 1 amide bonds. The van der Waals surface area contributed by atoms with Crippen LogP contribution in [0.5, 0.6) is 5.75 Å². The lowest BCUT2D eigenvalue weighted by atomic mass is 9.96. The molecule has 0 fully saturated rings. The summed E-state index contributed by atoms with van der Waals surface area (Å²) < 4.78 is 61.7. The first-order chi connectivity index (χ1) is 22.7. The Kier molecular flexibility index (Phi) is 7.85. The van der Waals surface area contributed by atoms with E-state index in [-0.39, 0.29) is 53.1 Å². The molecule has 6 aromatic rings. The second kappa shape index (κ2) is 12.0. The Morgan fingerprint density at radius 3 is 2.68 bits per heavy atom. The van der Waals surface area contributed by atoms with Gasteiger partial charge in [-0.05, 0) is 37.3 Å². The molecule has 0 unspecified atom stereocenters. The maximum atomic E-state index is 16.1. The predicted molar refractivity (Wildman–Crippen MR) is 176 cm³/mol. The third-order valence-electron chi connectivity index (χ3n) is 8.60. The molecule has 240 valence electrons. The molecule has 7 rings (SSSR count). The number of rotatable bonds is 8. The number of benzene rings is 2. The first-order valence-corrected chi connectivity index (χ1v) is 15.9. The van der Waals surface area contributed by atoms with Gasteiger partial charge in [-0.2, -0.15) is 5.10 Å². The van der Waals surface area contributed by atoms with E-state index in [1.54, 1.807) is 9.58 Å². The van der Waals surface area contributed by atoms with Crippen LogP contribution in [0.1, 0.15) is 18.7 Å². The van der Waals surface area contributed by atoms with Crippen molar-refractivity contribution >= 4 is 38.2 Å². The minimum absolute atomic E-state index is 0.0235. The summed E-state index contributed by atoms with van der Waals surface area (Å²) in [6, 6.07) is 11.1. The number of carbonyl (C=O) groups is 1. The lowest BCUT2D eigenvalue weighted by Gasteiger charge is -2.33. The molecule has 0 aliphatic carbocycles. The molecule has 12 heteroatoms. The highest BCUT2D eigenvalue weighted by Crippen LogP contribution is 2.48. The molecule has 5 heterocycles. The van der Waals surface area contributed by atoms with Gasteiger partial charge in [-0.15, -0.1) is 11.3 Å². The zero-order valence-corrected chi connectivity index (χ0v) is 26.7. The Morgan fingerprint density at radius 2 is 1.89 bits per heavy atom. The number of aromatic nitrogens is 4. The smallest absolute Gasteiger partial charge is 0.246 e. The van der Waals surface area contributed by atoms with Gasteiger partial charge in [0.2, 0.25) is 5.91 Å². The summed E-state index contributed by atoms with van der Waals surface area (Å²) in [4.78, 5) is 19.3. The summed E-state index contributed by atoms with van der Waals surface area (Å²) in [6.07, 6.45) is 3.22. The van der Waals surface area contributed by atoms with E-state index in [1.807, 2.05) is 55.1 Å². The summed E-state index contributed by atoms with van der Waals surface area (Å²) in [5.74, 6) is -2.52. The molecule has 0 saturated carbocycles. The molecule has 4 aromatic heterocycles. The maximum absolute atomic E-state index is 16.1. The van der Waals surface area contributed by atoms with Crippen LogP contribution in [0.4, 0.5) is 13.2 Å². The zero-order chi connectivity index (χ0) is 33.0. The van der Waals surface area contributed by atoms with Gasteiger partial charge < -0.3 is 18.9 Å².